The Morgan fingerprint density at radius 1 is 0.971 bits per heavy atom. The lowest BCUT2D eigenvalue weighted by Gasteiger charge is -2.58. The van der Waals surface area contributed by atoms with Crippen LogP contribution in [0.4, 0.5) is 16.2 Å². The van der Waals surface area contributed by atoms with E-state index in [1.165, 1.54) is 41.1 Å². The first-order valence-electron chi connectivity index (χ1n) is 22.9. The highest BCUT2D eigenvalue weighted by atomic mass is 35.5. The molecule has 3 aromatic carbocycles. The van der Waals surface area contributed by atoms with Gasteiger partial charge in [-0.15, -0.1) is 0 Å². The van der Waals surface area contributed by atoms with Crippen LogP contribution in [0.1, 0.15) is 82.6 Å². The minimum Gasteiger partial charge on any atom is -0.483 e. The van der Waals surface area contributed by atoms with Gasteiger partial charge in [0.15, 0.2) is 5.75 Å². The van der Waals surface area contributed by atoms with Crippen molar-refractivity contribution in [1.29, 1.82) is 0 Å². The number of aromatic amines is 1. The molecule has 4 aliphatic rings. The molecule has 2 N–H and O–H groups in total. The van der Waals surface area contributed by atoms with E-state index in [1.54, 1.807) is 50.1 Å². The lowest BCUT2D eigenvalue weighted by molar-refractivity contribution is -0.386. The predicted octanol–water partition coefficient (Wildman–Crippen LogP) is 9.60. The molecule has 2 aromatic heterocycles. The average Bonchev–Trinajstić information content (AvgIpc) is 3.72. The topological polar surface area (TPSA) is 190 Å². The molecule has 3 fully saturated rings. The summed E-state index contributed by atoms with van der Waals surface area (Å²) in [6.45, 7) is 15.0. The van der Waals surface area contributed by atoms with Crippen LogP contribution in [-0.4, -0.2) is 103 Å². The SMILES string of the molecule is CC1(C)CCC(CN2CCN(c3ccc(C(=O)NS(=O)(=O)c4ccc(OC5CC6(C5)CN(C(=O)OC(C)(C)C)C6)c([N+](=O)[O-])c4)c(Oc4cnc5[nH]ccc5c4)c3)CC2)=C(c2ccc(Cl)cc2)C1. The van der Waals surface area contributed by atoms with Crippen LogP contribution >= 0.6 is 11.6 Å². The summed E-state index contributed by atoms with van der Waals surface area (Å²) in [5.74, 6) is -0.652. The van der Waals surface area contributed by atoms with Crippen molar-refractivity contribution in [2.45, 2.75) is 83.3 Å². The number of nitrogens with one attached hydrogen (secondary N) is 2. The summed E-state index contributed by atoms with van der Waals surface area (Å²) in [6, 6.07) is 20.0. The van der Waals surface area contributed by atoms with E-state index in [0.29, 0.717) is 50.4 Å². The second kappa shape index (κ2) is 18.1. The van der Waals surface area contributed by atoms with Gasteiger partial charge >= 0.3 is 11.8 Å². The largest absolute Gasteiger partial charge is 0.483 e. The number of piperazine rings is 1. The monoisotopic (exact) mass is 965 g/mol. The van der Waals surface area contributed by atoms with Gasteiger partial charge in [-0.05, 0) is 118 Å². The number of hydrogen-bond acceptors (Lipinski definition) is 12. The molecular weight excluding hydrogens is 910 g/mol. The molecule has 16 nitrogen and oxygen atoms in total. The zero-order chi connectivity index (χ0) is 48.2. The van der Waals surface area contributed by atoms with E-state index >= 15 is 0 Å². The normalized spacial score (nSPS) is 18.5. The van der Waals surface area contributed by atoms with Crippen LogP contribution in [0, 0.1) is 20.9 Å². The number of halogens is 1. The average molecular weight is 967 g/mol. The predicted molar refractivity (Wildman–Crippen MR) is 259 cm³/mol. The number of hydrogen-bond donors (Lipinski definition) is 2. The van der Waals surface area contributed by atoms with Crippen LogP contribution in [0.25, 0.3) is 16.6 Å². The maximum absolute atomic E-state index is 14.0. The molecular formula is C50H56ClN7O9S. The number of nitrogens with zero attached hydrogens (tertiary/aromatic N) is 5. The maximum atomic E-state index is 14.0. The first-order chi connectivity index (χ1) is 32.2. The van der Waals surface area contributed by atoms with Gasteiger partial charge in [0.1, 0.15) is 28.9 Å². The second-order valence-corrected chi connectivity index (χ2v) is 22.5. The Hall–Kier alpha value is -6.17. The number of ether oxygens (including phenoxy) is 3. The Balaban J connectivity index is 0.889. The molecule has 1 saturated carbocycles. The molecule has 2 saturated heterocycles. The number of benzene rings is 3. The van der Waals surface area contributed by atoms with Crippen LogP contribution in [0.3, 0.4) is 0 Å². The Morgan fingerprint density at radius 2 is 1.71 bits per heavy atom. The highest BCUT2D eigenvalue weighted by molar-refractivity contribution is 7.90. The van der Waals surface area contributed by atoms with Gasteiger partial charge in [0, 0.05) is 85.7 Å². The molecule has 18 heteroatoms. The first-order valence-corrected chi connectivity index (χ1v) is 24.8. The fraction of sp³-hybridized carbons (Fsp3) is 0.420. The summed E-state index contributed by atoms with van der Waals surface area (Å²) < 4.78 is 47.5. The Labute approximate surface area is 400 Å². The van der Waals surface area contributed by atoms with Gasteiger partial charge in [-0.1, -0.05) is 43.2 Å². The highest BCUT2D eigenvalue weighted by Crippen LogP contribution is 2.51. The molecule has 0 bridgehead atoms. The summed E-state index contributed by atoms with van der Waals surface area (Å²) in [5, 5.41) is 13.8. The summed E-state index contributed by atoms with van der Waals surface area (Å²) in [5.41, 5.74) is 4.33. The number of carbonyl (C=O) groups excluding carboxylic acids is 2. The molecule has 2 amide bonds. The van der Waals surface area contributed by atoms with Crippen molar-refractivity contribution >= 4 is 61.6 Å². The lowest BCUT2D eigenvalue weighted by atomic mass is 9.62. The zero-order valence-electron chi connectivity index (χ0n) is 38.8. The molecule has 0 radical (unpaired) electrons. The fourth-order valence-corrected chi connectivity index (χ4v) is 10.9. The van der Waals surface area contributed by atoms with Crippen molar-refractivity contribution in [2.75, 3.05) is 50.7 Å². The number of likely N-dealkylation sites (tertiary alicyclic amines) is 1. The van der Waals surface area contributed by atoms with E-state index in [4.69, 9.17) is 25.8 Å². The first kappa shape index (κ1) is 46.9. The minimum atomic E-state index is -4.64. The van der Waals surface area contributed by atoms with Crippen LogP contribution in [-0.2, 0) is 14.8 Å². The number of anilines is 1. The van der Waals surface area contributed by atoms with E-state index in [9.17, 15) is 28.1 Å². The number of carbonyl (C=O) groups is 2. The molecule has 358 valence electrons. The van der Waals surface area contributed by atoms with E-state index in [2.05, 4.69) is 50.5 Å². The molecule has 4 heterocycles. The fourth-order valence-electron chi connectivity index (χ4n) is 9.77. The van der Waals surface area contributed by atoms with Crippen molar-refractivity contribution in [3.63, 3.8) is 0 Å². The number of allylic oxidation sites excluding steroid dienone is 1. The smallest absolute Gasteiger partial charge is 0.410 e. The van der Waals surface area contributed by atoms with E-state index < -0.39 is 37.0 Å². The lowest BCUT2D eigenvalue weighted by Crippen LogP contribution is -2.66. The Kier molecular flexibility index (Phi) is 12.5. The molecule has 0 atom stereocenters. The number of fused-ring (bicyclic) bond motifs is 1. The van der Waals surface area contributed by atoms with Gasteiger partial charge in [-0.2, -0.15) is 0 Å². The van der Waals surface area contributed by atoms with E-state index in [-0.39, 0.29) is 40.1 Å². The van der Waals surface area contributed by atoms with Crippen molar-refractivity contribution in [1.82, 2.24) is 24.5 Å². The van der Waals surface area contributed by atoms with Crippen LogP contribution in [0.15, 0.2) is 95.7 Å². The van der Waals surface area contributed by atoms with Crippen molar-refractivity contribution in [3.05, 3.63) is 117 Å². The summed E-state index contributed by atoms with van der Waals surface area (Å²) in [7, 11) is -4.64. The maximum Gasteiger partial charge on any atom is 0.410 e. The van der Waals surface area contributed by atoms with Gasteiger partial charge in [0.25, 0.3) is 15.9 Å². The van der Waals surface area contributed by atoms with E-state index in [1.807, 2.05) is 18.2 Å². The van der Waals surface area contributed by atoms with Gasteiger partial charge < -0.3 is 29.0 Å². The van der Waals surface area contributed by atoms with Gasteiger partial charge in [-0.3, -0.25) is 19.8 Å². The summed E-state index contributed by atoms with van der Waals surface area (Å²) in [6.07, 6.45) is 6.81. The quantitative estimate of drug-likeness (QED) is 0.0891. The number of nitro groups is 1. The van der Waals surface area contributed by atoms with Crippen LogP contribution in [0.5, 0.6) is 17.2 Å². The van der Waals surface area contributed by atoms with Gasteiger partial charge in [0.2, 0.25) is 0 Å². The van der Waals surface area contributed by atoms with Gasteiger partial charge in [0.05, 0.1) is 21.6 Å². The van der Waals surface area contributed by atoms with Crippen LogP contribution in [0.2, 0.25) is 5.02 Å². The Bertz CT molecular complexity index is 2910. The molecule has 1 spiro atoms. The number of amides is 2. The third-order valence-electron chi connectivity index (χ3n) is 13.3. The van der Waals surface area contributed by atoms with Crippen molar-refractivity contribution in [2.24, 2.45) is 10.8 Å². The molecule has 5 aromatic rings. The summed E-state index contributed by atoms with van der Waals surface area (Å²) >= 11 is 6.25. The molecule has 9 rings (SSSR count). The second-order valence-electron chi connectivity index (χ2n) is 20.4. The third-order valence-corrected chi connectivity index (χ3v) is 14.9. The van der Waals surface area contributed by atoms with Gasteiger partial charge in [-0.25, -0.2) is 22.9 Å². The molecule has 0 unspecified atom stereocenters. The number of H-pyrrole nitrogens is 1. The summed E-state index contributed by atoms with van der Waals surface area (Å²) in [4.78, 5) is 51.3. The molecule has 68 heavy (non-hydrogen) atoms. The number of aromatic nitrogens is 2. The highest BCUT2D eigenvalue weighted by Gasteiger charge is 2.55. The van der Waals surface area contributed by atoms with Crippen molar-refractivity contribution < 1.29 is 37.1 Å². The molecule has 2 aliphatic heterocycles. The number of pyridine rings is 1. The zero-order valence-corrected chi connectivity index (χ0v) is 40.4. The van der Waals surface area contributed by atoms with Crippen LogP contribution < -0.4 is 19.1 Å². The van der Waals surface area contributed by atoms with E-state index in [0.717, 1.165) is 61.1 Å². The number of rotatable bonds is 12. The standard InChI is InChI=1S/C50H56ClN7O9S/c1-48(2,3)67-47(60)57-30-50(31-57)25-38(26-50)66-43-13-11-39(24-42(43)58(61)62)68(63,64)54-46(59)40-12-10-36(23-44(40)65-37-22-33-15-17-52-45(33)53-28-37)56-20-18-55(19-21-56)29-34-14-16-49(4,5)27-41(34)32-6-8-35(51)9-7-32/h6-13,15,17,22-24,28,38H,14,16,18-21,25-27,29-31H2,1-5H3,(H,52,53)(H,54,59). The molecule has 2 aliphatic carbocycles. The third kappa shape index (κ3) is 10.3. The number of sulfonamides is 1. The minimum absolute atomic E-state index is 0.0680. The van der Waals surface area contributed by atoms with Crippen molar-refractivity contribution in [3.8, 4) is 17.2 Å². The number of nitro benzene ring substituents is 1. The Morgan fingerprint density at radius 3 is 2.41 bits per heavy atom.